The molecule has 0 heterocycles. The molecule has 0 aliphatic heterocycles. The molecule has 0 atom stereocenters. The highest BCUT2D eigenvalue weighted by Crippen LogP contribution is 2.24. The molecular formula is C17H17NO6S. The number of benzene rings is 2. The molecule has 0 fully saturated rings. The lowest BCUT2D eigenvalue weighted by Gasteiger charge is -2.13. The Hall–Kier alpha value is -2.87. The van der Waals surface area contributed by atoms with E-state index in [1.165, 1.54) is 50.6 Å². The Bertz CT molecular complexity index is 920. The third kappa shape index (κ3) is 3.97. The SMILES string of the molecule is COC(=O)c1ccc(C)c(NS(=O)(=O)c2ccccc2C(=O)OC)c1. The Morgan fingerprint density at radius 3 is 2.24 bits per heavy atom. The number of esters is 2. The van der Waals surface area contributed by atoms with E-state index in [0.717, 1.165) is 0 Å². The largest absolute Gasteiger partial charge is 0.465 e. The number of carbonyl (C=O) groups is 2. The molecule has 8 heteroatoms. The fourth-order valence-corrected chi connectivity index (χ4v) is 3.47. The summed E-state index contributed by atoms with van der Waals surface area (Å²) < 4.78 is 37.1. The van der Waals surface area contributed by atoms with Crippen molar-refractivity contribution in [2.24, 2.45) is 0 Å². The van der Waals surface area contributed by atoms with Crippen LogP contribution in [-0.4, -0.2) is 34.6 Å². The number of nitrogens with one attached hydrogen (secondary N) is 1. The molecule has 0 unspecified atom stereocenters. The second-order valence-corrected chi connectivity index (χ2v) is 6.77. The summed E-state index contributed by atoms with van der Waals surface area (Å²) in [5, 5.41) is 0. The van der Waals surface area contributed by atoms with E-state index < -0.39 is 22.0 Å². The first-order valence-corrected chi connectivity index (χ1v) is 8.67. The standard InChI is InChI=1S/C17H17NO6S/c1-11-8-9-12(16(19)23-2)10-14(11)18-25(21,22)15-7-5-4-6-13(15)17(20)24-3/h4-10,18H,1-3H3. The number of methoxy groups -OCH3 is 2. The van der Waals surface area contributed by atoms with Crippen LogP contribution >= 0.6 is 0 Å². The second kappa shape index (κ2) is 7.35. The second-order valence-electron chi connectivity index (χ2n) is 5.11. The van der Waals surface area contributed by atoms with Crippen molar-refractivity contribution in [3.05, 3.63) is 59.2 Å². The van der Waals surface area contributed by atoms with Crippen molar-refractivity contribution in [2.45, 2.75) is 11.8 Å². The first-order valence-electron chi connectivity index (χ1n) is 7.19. The molecule has 0 saturated heterocycles. The number of rotatable bonds is 5. The molecule has 0 spiro atoms. The van der Waals surface area contributed by atoms with Crippen molar-refractivity contribution in [3.8, 4) is 0 Å². The molecule has 2 rings (SSSR count). The van der Waals surface area contributed by atoms with Gasteiger partial charge in [0.25, 0.3) is 10.0 Å². The fourth-order valence-electron chi connectivity index (χ4n) is 2.16. The maximum atomic E-state index is 12.7. The van der Waals surface area contributed by atoms with Gasteiger partial charge in [0.15, 0.2) is 0 Å². The van der Waals surface area contributed by atoms with Gasteiger partial charge >= 0.3 is 11.9 Å². The summed E-state index contributed by atoms with van der Waals surface area (Å²) >= 11 is 0. The van der Waals surface area contributed by atoms with E-state index in [0.29, 0.717) is 5.56 Å². The fraction of sp³-hybridized carbons (Fsp3) is 0.176. The average molecular weight is 363 g/mol. The van der Waals surface area contributed by atoms with Crippen LogP contribution < -0.4 is 4.72 Å². The zero-order valence-corrected chi connectivity index (χ0v) is 14.7. The number of aryl methyl sites for hydroxylation is 1. The predicted octanol–water partition coefficient (Wildman–Crippen LogP) is 2.37. The van der Waals surface area contributed by atoms with Gasteiger partial charge in [-0.15, -0.1) is 0 Å². The van der Waals surface area contributed by atoms with Gasteiger partial charge in [0.1, 0.15) is 4.90 Å². The third-order valence-corrected chi connectivity index (χ3v) is 4.91. The molecular weight excluding hydrogens is 346 g/mol. The van der Waals surface area contributed by atoms with Crippen molar-refractivity contribution in [1.29, 1.82) is 0 Å². The molecule has 0 aliphatic rings. The zero-order valence-electron chi connectivity index (χ0n) is 13.9. The van der Waals surface area contributed by atoms with Gasteiger partial charge < -0.3 is 9.47 Å². The molecule has 0 saturated carbocycles. The number of hydrogen-bond acceptors (Lipinski definition) is 6. The summed E-state index contributed by atoms with van der Waals surface area (Å²) in [6, 6.07) is 10.2. The number of sulfonamides is 1. The van der Waals surface area contributed by atoms with E-state index in [2.05, 4.69) is 14.2 Å². The minimum atomic E-state index is -4.07. The minimum Gasteiger partial charge on any atom is -0.465 e. The maximum Gasteiger partial charge on any atom is 0.339 e. The van der Waals surface area contributed by atoms with Crippen molar-refractivity contribution >= 4 is 27.6 Å². The van der Waals surface area contributed by atoms with Gasteiger partial charge in [-0.05, 0) is 36.8 Å². The molecule has 0 aromatic heterocycles. The average Bonchev–Trinajstić information content (AvgIpc) is 2.62. The van der Waals surface area contributed by atoms with Crippen LogP contribution in [0.3, 0.4) is 0 Å². The number of hydrogen-bond donors (Lipinski definition) is 1. The lowest BCUT2D eigenvalue weighted by molar-refractivity contribution is 0.0589. The molecule has 7 nitrogen and oxygen atoms in total. The van der Waals surface area contributed by atoms with E-state index in [-0.39, 0.29) is 21.7 Å². The molecule has 1 N–H and O–H groups in total. The van der Waals surface area contributed by atoms with Crippen LogP contribution in [0, 0.1) is 6.92 Å². The smallest absolute Gasteiger partial charge is 0.339 e. The minimum absolute atomic E-state index is 0.0840. The first kappa shape index (κ1) is 18.5. The summed E-state index contributed by atoms with van der Waals surface area (Å²) in [5.74, 6) is -1.35. The highest BCUT2D eigenvalue weighted by molar-refractivity contribution is 7.92. The predicted molar refractivity (Wildman–Crippen MR) is 91.1 cm³/mol. The zero-order chi connectivity index (χ0) is 18.6. The Morgan fingerprint density at radius 2 is 1.60 bits per heavy atom. The molecule has 25 heavy (non-hydrogen) atoms. The monoisotopic (exact) mass is 363 g/mol. The summed E-state index contributed by atoms with van der Waals surface area (Å²) in [4.78, 5) is 23.2. The third-order valence-electron chi connectivity index (χ3n) is 3.48. The highest BCUT2D eigenvalue weighted by Gasteiger charge is 2.23. The van der Waals surface area contributed by atoms with E-state index in [1.54, 1.807) is 13.0 Å². The molecule has 2 aromatic rings. The number of ether oxygens (including phenoxy) is 2. The molecule has 132 valence electrons. The Labute approximate surface area is 145 Å². The van der Waals surface area contributed by atoms with E-state index in [1.807, 2.05) is 0 Å². The van der Waals surface area contributed by atoms with Crippen LogP contribution in [0.5, 0.6) is 0 Å². The van der Waals surface area contributed by atoms with Gasteiger partial charge in [-0.2, -0.15) is 0 Å². The molecule has 0 radical (unpaired) electrons. The van der Waals surface area contributed by atoms with E-state index in [4.69, 9.17) is 0 Å². The Balaban J connectivity index is 2.47. The Kier molecular flexibility index (Phi) is 5.43. The van der Waals surface area contributed by atoms with Gasteiger partial charge in [0.2, 0.25) is 0 Å². The van der Waals surface area contributed by atoms with Crippen molar-refractivity contribution < 1.29 is 27.5 Å². The van der Waals surface area contributed by atoms with Crippen molar-refractivity contribution in [3.63, 3.8) is 0 Å². The van der Waals surface area contributed by atoms with Crippen molar-refractivity contribution in [2.75, 3.05) is 18.9 Å². The highest BCUT2D eigenvalue weighted by atomic mass is 32.2. The van der Waals surface area contributed by atoms with E-state index in [9.17, 15) is 18.0 Å². The molecule has 0 amide bonds. The van der Waals surface area contributed by atoms with Crippen LogP contribution in [-0.2, 0) is 19.5 Å². The summed E-state index contributed by atoms with van der Waals surface area (Å²) in [5.41, 5.74) is 0.931. The summed E-state index contributed by atoms with van der Waals surface area (Å²) in [7, 11) is -1.67. The number of carbonyl (C=O) groups excluding carboxylic acids is 2. The summed E-state index contributed by atoms with van der Waals surface area (Å²) in [6.07, 6.45) is 0. The van der Waals surface area contributed by atoms with Gasteiger partial charge in [-0.3, -0.25) is 4.72 Å². The summed E-state index contributed by atoms with van der Waals surface area (Å²) in [6.45, 7) is 1.69. The van der Waals surface area contributed by atoms with E-state index >= 15 is 0 Å². The quantitative estimate of drug-likeness (QED) is 0.819. The van der Waals surface area contributed by atoms with Crippen LogP contribution in [0.2, 0.25) is 0 Å². The van der Waals surface area contributed by atoms with Gasteiger partial charge in [0.05, 0.1) is 31.0 Å². The van der Waals surface area contributed by atoms with Gasteiger partial charge in [-0.25, -0.2) is 18.0 Å². The maximum absolute atomic E-state index is 12.7. The lowest BCUT2D eigenvalue weighted by Crippen LogP contribution is -2.18. The topological polar surface area (TPSA) is 98.8 Å². The number of anilines is 1. The molecule has 2 aromatic carbocycles. The van der Waals surface area contributed by atoms with Gasteiger partial charge in [-0.1, -0.05) is 18.2 Å². The van der Waals surface area contributed by atoms with Crippen LogP contribution in [0.4, 0.5) is 5.69 Å². The van der Waals surface area contributed by atoms with Crippen LogP contribution in [0.1, 0.15) is 26.3 Å². The normalized spacial score (nSPS) is 10.8. The molecule has 0 aliphatic carbocycles. The van der Waals surface area contributed by atoms with Gasteiger partial charge in [0, 0.05) is 0 Å². The van der Waals surface area contributed by atoms with Crippen molar-refractivity contribution in [1.82, 2.24) is 0 Å². The van der Waals surface area contributed by atoms with Crippen LogP contribution in [0.15, 0.2) is 47.4 Å². The Morgan fingerprint density at radius 1 is 0.960 bits per heavy atom. The lowest BCUT2D eigenvalue weighted by atomic mass is 10.1. The molecule has 0 bridgehead atoms. The van der Waals surface area contributed by atoms with Crippen LogP contribution in [0.25, 0.3) is 0 Å². The first-order chi connectivity index (χ1) is 11.8.